The number of rotatable bonds is 3. The molecule has 1 amide bonds. The number of nitrogens with zero attached hydrogens (tertiary/aromatic N) is 1. The summed E-state index contributed by atoms with van der Waals surface area (Å²) in [6.07, 6.45) is 0.105. The van der Waals surface area contributed by atoms with Gasteiger partial charge in [0.15, 0.2) is 6.10 Å². The molecule has 4 nitrogen and oxygen atoms in total. The summed E-state index contributed by atoms with van der Waals surface area (Å²) in [5.41, 5.74) is 3.80. The molecule has 5 rings (SSSR count). The molecular formula is C22H16N2O2S. The van der Waals surface area contributed by atoms with Crippen LogP contribution in [-0.2, 0) is 11.2 Å². The number of anilines is 1. The van der Waals surface area contributed by atoms with Crippen LogP contribution in [0.1, 0.15) is 5.56 Å². The van der Waals surface area contributed by atoms with Gasteiger partial charge < -0.3 is 10.1 Å². The van der Waals surface area contributed by atoms with Gasteiger partial charge >= 0.3 is 0 Å². The normalized spacial score (nSPS) is 15.3. The van der Waals surface area contributed by atoms with Crippen LogP contribution in [-0.4, -0.2) is 17.0 Å². The number of fused-ring (bicyclic) bond motifs is 2. The first-order valence-electron chi connectivity index (χ1n) is 8.78. The second kappa shape index (κ2) is 6.52. The fourth-order valence-electron chi connectivity index (χ4n) is 3.28. The minimum Gasteiger partial charge on any atom is -0.480 e. The summed E-state index contributed by atoms with van der Waals surface area (Å²) < 4.78 is 6.93. The average molecular weight is 372 g/mol. The number of para-hydroxylation sites is 2. The molecule has 3 aromatic carbocycles. The molecule has 0 saturated heterocycles. The van der Waals surface area contributed by atoms with Crippen molar-refractivity contribution in [1.29, 1.82) is 0 Å². The van der Waals surface area contributed by atoms with Crippen LogP contribution in [0.2, 0.25) is 0 Å². The van der Waals surface area contributed by atoms with Gasteiger partial charge in [-0.25, -0.2) is 4.98 Å². The van der Waals surface area contributed by atoms with Crippen LogP contribution in [0.25, 0.3) is 20.8 Å². The maximum Gasteiger partial charge on any atom is 0.265 e. The Hall–Kier alpha value is -3.18. The molecule has 4 aromatic rings. The molecule has 0 bridgehead atoms. The van der Waals surface area contributed by atoms with Gasteiger partial charge in [-0.05, 0) is 35.9 Å². The summed E-state index contributed by atoms with van der Waals surface area (Å²) in [5.74, 6) is 0.661. The fourth-order valence-corrected chi connectivity index (χ4v) is 4.24. The van der Waals surface area contributed by atoms with Crippen LogP contribution in [0.5, 0.6) is 5.75 Å². The van der Waals surface area contributed by atoms with E-state index >= 15 is 0 Å². The summed E-state index contributed by atoms with van der Waals surface area (Å²) >= 11 is 1.65. The minimum atomic E-state index is -0.492. The van der Waals surface area contributed by atoms with Gasteiger partial charge in [-0.3, -0.25) is 4.79 Å². The van der Waals surface area contributed by atoms with Crippen LogP contribution >= 0.6 is 11.3 Å². The van der Waals surface area contributed by atoms with Gasteiger partial charge in [0.1, 0.15) is 10.8 Å². The first-order chi connectivity index (χ1) is 13.3. The van der Waals surface area contributed by atoms with Gasteiger partial charge in [0.2, 0.25) is 0 Å². The molecule has 1 N–H and O–H groups in total. The van der Waals surface area contributed by atoms with Gasteiger partial charge in [0.05, 0.1) is 10.2 Å². The van der Waals surface area contributed by atoms with Crippen molar-refractivity contribution < 1.29 is 9.53 Å². The Morgan fingerprint density at radius 3 is 2.78 bits per heavy atom. The van der Waals surface area contributed by atoms with Crippen LogP contribution in [0, 0.1) is 0 Å². The first-order valence-corrected chi connectivity index (χ1v) is 9.59. The lowest BCUT2D eigenvalue weighted by atomic mass is 10.1. The molecule has 1 unspecified atom stereocenters. The van der Waals surface area contributed by atoms with E-state index in [-0.39, 0.29) is 5.91 Å². The van der Waals surface area contributed by atoms with Crippen molar-refractivity contribution in [1.82, 2.24) is 4.98 Å². The molecule has 27 heavy (non-hydrogen) atoms. The third-order valence-corrected chi connectivity index (χ3v) is 5.70. The smallest absolute Gasteiger partial charge is 0.265 e. The third kappa shape index (κ3) is 3.06. The van der Waals surface area contributed by atoms with E-state index < -0.39 is 6.10 Å². The predicted molar refractivity (Wildman–Crippen MR) is 108 cm³/mol. The number of carbonyl (C=O) groups excluding carboxylic acids is 1. The highest BCUT2D eigenvalue weighted by Gasteiger charge is 2.28. The molecule has 5 heteroatoms. The van der Waals surface area contributed by atoms with E-state index in [0.717, 1.165) is 37.8 Å². The Balaban J connectivity index is 1.36. The van der Waals surface area contributed by atoms with Crippen molar-refractivity contribution >= 4 is 33.1 Å². The molecule has 1 aliphatic heterocycles. The maximum absolute atomic E-state index is 12.6. The summed E-state index contributed by atoms with van der Waals surface area (Å²) in [4.78, 5) is 17.3. The van der Waals surface area contributed by atoms with Gasteiger partial charge in [0, 0.05) is 17.7 Å². The van der Waals surface area contributed by atoms with Crippen LogP contribution in [0.3, 0.4) is 0 Å². The number of nitrogens with one attached hydrogen (secondary N) is 1. The number of aromatic nitrogens is 1. The highest BCUT2D eigenvalue weighted by atomic mass is 32.1. The number of ether oxygens (including phenoxy) is 1. The second-order valence-corrected chi connectivity index (χ2v) is 7.51. The van der Waals surface area contributed by atoms with E-state index in [1.165, 1.54) is 0 Å². The van der Waals surface area contributed by atoms with E-state index in [4.69, 9.17) is 4.74 Å². The Morgan fingerprint density at radius 2 is 1.89 bits per heavy atom. The van der Waals surface area contributed by atoms with E-state index in [9.17, 15) is 4.79 Å². The molecule has 0 saturated carbocycles. The fraction of sp³-hybridized carbons (Fsp3) is 0.0909. The Labute approximate surface area is 160 Å². The highest BCUT2D eigenvalue weighted by Crippen LogP contribution is 2.32. The molecule has 1 aliphatic rings. The molecule has 0 fully saturated rings. The van der Waals surface area contributed by atoms with E-state index in [2.05, 4.69) is 16.4 Å². The summed E-state index contributed by atoms with van der Waals surface area (Å²) in [7, 11) is 0. The highest BCUT2D eigenvalue weighted by molar-refractivity contribution is 7.21. The maximum atomic E-state index is 12.6. The Bertz CT molecular complexity index is 1090. The number of hydrogen-bond donors (Lipinski definition) is 1. The molecule has 0 spiro atoms. The predicted octanol–water partition coefficient (Wildman–Crippen LogP) is 4.91. The number of carbonyl (C=O) groups is 1. The lowest BCUT2D eigenvalue weighted by Gasteiger charge is -2.12. The van der Waals surface area contributed by atoms with Crippen molar-refractivity contribution in [3.63, 3.8) is 0 Å². The Morgan fingerprint density at radius 1 is 1.04 bits per heavy atom. The van der Waals surface area contributed by atoms with Crippen molar-refractivity contribution in [3.8, 4) is 16.3 Å². The van der Waals surface area contributed by atoms with Gasteiger partial charge in [0.25, 0.3) is 5.91 Å². The first kappa shape index (κ1) is 16.0. The largest absolute Gasteiger partial charge is 0.480 e. The summed E-state index contributed by atoms with van der Waals surface area (Å²) in [6, 6.07) is 23.6. The van der Waals surface area contributed by atoms with Crippen LogP contribution < -0.4 is 10.1 Å². The van der Waals surface area contributed by atoms with Gasteiger partial charge in [-0.1, -0.05) is 42.5 Å². The quantitative estimate of drug-likeness (QED) is 0.556. The van der Waals surface area contributed by atoms with Crippen LogP contribution in [0.15, 0.2) is 72.8 Å². The standard InChI is InChI=1S/C22H16N2O2S/c25-21(19-13-14-6-1-3-10-18(14)26-19)23-16-8-5-7-15(12-16)22-24-17-9-2-4-11-20(17)27-22/h1-12,19H,13H2,(H,23,25). The zero-order chi connectivity index (χ0) is 18.2. The molecule has 1 atom stereocenters. The zero-order valence-corrected chi connectivity index (χ0v) is 15.2. The zero-order valence-electron chi connectivity index (χ0n) is 14.4. The lowest BCUT2D eigenvalue weighted by Crippen LogP contribution is -2.31. The average Bonchev–Trinajstić information content (AvgIpc) is 3.32. The minimum absolute atomic E-state index is 0.132. The molecule has 132 valence electrons. The SMILES string of the molecule is O=C(Nc1cccc(-c2nc3ccccc3s2)c1)C1Cc2ccccc2O1. The molecule has 0 aliphatic carbocycles. The number of amides is 1. The number of thiazole rings is 1. The van der Waals surface area contributed by atoms with Crippen molar-refractivity contribution in [2.45, 2.75) is 12.5 Å². The van der Waals surface area contributed by atoms with E-state index in [1.54, 1.807) is 11.3 Å². The summed E-state index contributed by atoms with van der Waals surface area (Å²) in [5, 5.41) is 3.92. The molecule has 1 aromatic heterocycles. The van der Waals surface area contributed by atoms with E-state index in [0.29, 0.717) is 6.42 Å². The Kier molecular flexibility index (Phi) is 3.87. The van der Waals surface area contributed by atoms with E-state index in [1.807, 2.05) is 66.7 Å². The molecule has 2 heterocycles. The van der Waals surface area contributed by atoms with Gasteiger partial charge in [-0.2, -0.15) is 0 Å². The number of benzene rings is 3. The molecular weight excluding hydrogens is 356 g/mol. The van der Waals surface area contributed by atoms with Crippen molar-refractivity contribution in [2.75, 3.05) is 5.32 Å². The second-order valence-electron chi connectivity index (χ2n) is 6.48. The van der Waals surface area contributed by atoms with Crippen LogP contribution in [0.4, 0.5) is 5.69 Å². The topological polar surface area (TPSA) is 51.2 Å². The molecule has 0 radical (unpaired) electrons. The van der Waals surface area contributed by atoms with Crippen molar-refractivity contribution in [3.05, 3.63) is 78.4 Å². The monoisotopic (exact) mass is 372 g/mol. The lowest BCUT2D eigenvalue weighted by molar-refractivity contribution is -0.122. The van der Waals surface area contributed by atoms with Gasteiger partial charge in [-0.15, -0.1) is 11.3 Å². The van der Waals surface area contributed by atoms with Crippen molar-refractivity contribution in [2.24, 2.45) is 0 Å². The summed E-state index contributed by atoms with van der Waals surface area (Å²) in [6.45, 7) is 0. The number of hydrogen-bond acceptors (Lipinski definition) is 4. The third-order valence-electron chi connectivity index (χ3n) is 4.61.